The maximum atomic E-state index is 6.42. The van der Waals surface area contributed by atoms with Crippen molar-refractivity contribution in [2.45, 2.75) is 0 Å². The number of anilines is 3. The highest BCUT2D eigenvalue weighted by molar-refractivity contribution is 6.14. The number of para-hydroxylation sites is 4. The van der Waals surface area contributed by atoms with Crippen molar-refractivity contribution in [1.82, 2.24) is 4.57 Å². The molecule has 0 bridgehead atoms. The van der Waals surface area contributed by atoms with Gasteiger partial charge in [0.2, 0.25) is 0 Å². The molecule has 0 unspecified atom stereocenters. The third kappa shape index (κ3) is 5.13. The van der Waals surface area contributed by atoms with E-state index in [1.165, 1.54) is 38.1 Å². The highest BCUT2D eigenvalue weighted by atomic mass is 16.3. The van der Waals surface area contributed by atoms with Crippen LogP contribution in [0.15, 0.2) is 211 Å². The minimum atomic E-state index is 0.906. The Labute approximate surface area is 318 Å². The largest absolute Gasteiger partial charge is 0.455 e. The molecular weight excluding hydrogens is 669 g/mol. The third-order valence-corrected chi connectivity index (χ3v) is 11.0. The summed E-state index contributed by atoms with van der Waals surface area (Å²) in [5.74, 6) is 0. The van der Waals surface area contributed by atoms with Gasteiger partial charge in [0.1, 0.15) is 11.2 Å². The zero-order valence-corrected chi connectivity index (χ0v) is 29.9. The number of benzene rings is 9. The number of hydrogen-bond acceptors (Lipinski definition) is 2. The van der Waals surface area contributed by atoms with Gasteiger partial charge >= 0.3 is 0 Å². The van der Waals surface area contributed by atoms with Crippen LogP contribution in [0.2, 0.25) is 0 Å². The molecule has 11 aromatic rings. The molecular formula is C52H34N2O. The standard InChI is InChI=1S/C52H34N2O/c1-2-13-35(14-3-1)42-17-6-9-22-48(42)53(39-27-25-36(26-28-39)43-20-12-21-46-45-19-8-11-24-51(45)55-52(43)46)40-29-31-41(32-30-40)54-49-23-10-7-18-44(49)47-33-37-15-4-5-16-38(37)34-50(47)54/h1-34H. The van der Waals surface area contributed by atoms with E-state index < -0.39 is 0 Å². The molecule has 0 N–H and O–H groups in total. The molecule has 0 aliphatic carbocycles. The Bertz CT molecular complexity index is 3190. The van der Waals surface area contributed by atoms with Gasteiger partial charge in [-0.05, 0) is 88.6 Å². The molecule has 9 aromatic carbocycles. The van der Waals surface area contributed by atoms with Gasteiger partial charge in [0.25, 0.3) is 0 Å². The zero-order chi connectivity index (χ0) is 36.3. The van der Waals surface area contributed by atoms with E-state index >= 15 is 0 Å². The van der Waals surface area contributed by atoms with Crippen LogP contribution in [0.3, 0.4) is 0 Å². The Hall–Kier alpha value is -7.36. The van der Waals surface area contributed by atoms with Crippen LogP contribution >= 0.6 is 0 Å². The highest BCUT2D eigenvalue weighted by Crippen LogP contribution is 2.43. The van der Waals surface area contributed by atoms with Crippen molar-refractivity contribution in [2.24, 2.45) is 0 Å². The number of furan rings is 1. The fraction of sp³-hybridized carbons (Fsp3) is 0. The molecule has 55 heavy (non-hydrogen) atoms. The van der Waals surface area contributed by atoms with Gasteiger partial charge in [-0.15, -0.1) is 0 Å². The van der Waals surface area contributed by atoms with Crippen molar-refractivity contribution in [2.75, 3.05) is 4.90 Å². The molecule has 0 aliphatic rings. The Morgan fingerprint density at radius 3 is 1.80 bits per heavy atom. The first-order valence-corrected chi connectivity index (χ1v) is 18.8. The van der Waals surface area contributed by atoms with Gasteiger partial charge in [0.05, 0.1) is 16.7 Å². The zero-order valence-electron chi connectivity index (χ0n) is 29.9. The first-order chi connectivity index (χ1) is 27.3. The minimum Gasteiger partial charge on any atom is -0.455 e. The van der Waals surface area contributed by atoms with Crippen molar-refractivity contribution < 1.29 is 4.42 Å². The predicted molar refractivity (Wildman–Crippen MR) is 231 cm³/mol. The highest BCUT2D eigenvalue weighted by Gasteiger charge is 2.19. The molecule has 11 rings (SSSR count). The molecule has 2 heterocycles. The van der Waals surface area contributed by atoms with Gasteiger partial charge in [-0.1, -0.05) is 140 Å². The van der Waals surface area contributed by atoms with E-state index in [2.05, 4.69) is 204 Å². The maximum absolute atomic E-state index is 6.42. The monoisotopic (exact) mass is 702 g/mol. The summed E-state index contributed by atoms with van der Waals surface area (Å²) in [5.41, 5.74) is 13.1. The van der Waals surface area contributed by atoms with E-state index in [4.69, 9.17) is 4.42 Å². The lowest BCUT2D eigenvalue weighted by Crippen LogP contribution is -2.11. The van der Waals surface area contributed by atoms with Crippen LogP contribution in [0.1, 0.15) is 0 Å². The summed E-state index contributed by atoms with van der Waals surface area (Å²) >= 11 is 0. The number of aromatic nitrogens is 1. The van der Waals surface area contributed by atoms with Crippen molar-refractivity contribution in [3.8, 4) is 27.9 Å². The van der Waals surface area contributed by atoms with Crippen LogP contribution in [0, 0.1) is 0 Å². The first-order valence-electron chi connectivity index (χ1n) is 18.8. The topological polar surface area (TPSA) is 21.3 Å². The summed E-state index contributed by atoms with van der Waals surface area (Å²) < 4.78 is 8.82. The Balaban J connectivity index is 1.06. The predicted octanol–water partition coefficient (Wildman–Crippen LogP) is 14.6. The first kappa shape index (κ1) is 31.2. The molecule has 0 amide bonds. The average molecular weight is 703 g/mol. The van der Waals surface area contributed by atoms with E-state index in [-0.39, 0.29) is 0 Å². The van der Waals surface area contributed by atoms with Gasteiger partial charge in [-0.25, -0.2) is 0 Å². The van der Waals surface area contributed by atoms with Crippen LogP contribution < -0.4 is 4.90 Å². The molecule has 0 saturated heterocycles. The van der Waals surface area contributed by atoms with Crippen LogP contribution in [0.4, 0.5) is 17.1 Å². The maximum Gasteiger partial charge on any atom is 0.143 e. The van der Waals surface area contributed by atoms with Crippen molar-refractivity contribution >= 4 is 71.6 Å². The summed E-state index contributed by atoms with van der Waals surface area (Å²) in [4.78, 5) is 2.37. The van der Waals surface area contributed by atoms with Crippen molar-refractivity contribution in [3.05, 3.63) is 206 Å². The summed E-state index contributed by atoms with van der Waals surface area (Å²) in [6.07, 6.45) is 0. The van der Waals surface area contributed by atoms with Crippen LogP contribution in [0.5, 0.6) is 0 Å². The Morgan fingerprint density at radius 1 is 0.382 bits per heavy atom. The second-order valence-corrected chi connectivity index (χ2v) is 14.1. The lowest BCUT2D eigenvalue weighted by atomic mass is 10.00. The molecule has 0 spiro atoms. The quantitative estimate of drug-likeness (QED) is 0.172. The summed E-state index contributed by atoms with van der Waals surface area (Å²) in [6.45, 7) is 0. The molecule has 3 heteroatoms. The SMILES string of the molecule is c1ccc(-c2ccccc2N(c2ccc(-c3cccc4c3oc3ccccc34)cc2)c2ccc(-n3c4ccccc4c4cc5ccccc5cc43)cc2)cc1. The number of fused-ring (bicyclic) bond motifs is 7. The molecule has 3 nitrogen and oxygen atoms in total. The molecule has 0 radical (unpaired) electrons. The third-order valence-electron chi connectivity index (χ3n) is 11.0. The molecule has 0 aliphatic heterocycles. The lowest BCUT2D eigenvalue weighted by Gasteiger charge is -2.28. The van der Waals surface area contributed by atoms with Gasteiger partial charge in [-0.3, -0.25) is 0 Å². The van der Waals surface area contributed by atoms with Crippen molar-refractivity contribution in [1.29, 1.82) is 0 Å². The van der Waals surface area contributed by atoms with Gasteiger partial charge in [0, 0.05) is 49.7 Å². The van der Waals surface area contributed by atoms with Crippen molar-refractivity contribution in [3.63, 3.8) is 0 Å². The summed E-state index contributed by atoms with van der Waals surface area (Å²) in [7, 11) is 0. The second kappa shape index (κ2) is 12.6. The lowest BCUT2D eigenvalue weighted by molar-refractivity contribution is 0.670. The normalized spacial score (nSPS) is 11.6. The van der Waals surface area contributed by atoms with Crippen LogP contribution in [0.25, 0.3) is 82.5 Å². The smallest absolute Gasteiger partial charge is 0.143 e. The fourth-order valence-corrected chi connectivity index (χ4v) is 8.41. The Morgan fingerprint density at radius 2 is 0.982 bits per heavy atom. The van der Waals surface area contributed by atoms with E-state index in [1.807, 2.05) is 12.1 Å². The molecule has 2 aromatic heterocycles. The number of nitrogens with zero attached hydrogens (tertiary/aromatic N) is 2. The summed E-state index contributed by atoms with van der Waals surface area (Å²) in [6, 6.07) is 73.9. The average Bonchev–Trinajstić information content (AvgIpc) is 3.79. The molecule has 0 fully saturated rings. The van der Waals surface area contributed by atoms with Gasteiger partial charge in [0.15, 0.2) is 0 Å². The molecule has 258 valence electrons. The van der Waals surface area contributed by atoms with Crippen LogP contribution in [-0.2, 0) is 0 Å². The van der Waals surface area contributed by atoms with E-state index in [0.717, 1.165) is 61.4 Å². The van der Waals surface area contributed by atoms with Gasteiger partial charge in [-0.2, -0.15) is 0 Å². The van der Waals surface area contributed by atoms with E-state index in [0.29, 0.717) is 0 Å². The van der Waals surface area contributed by atoms with Crippen LogP contribution in [-0.4, -0.2) is 4.57 Å². The van der Waals surface area contributed by atoms with E-state index in [9.17, 15) is 0 Å². The Kier molecular flexibility index (Phi) is 7.17. The summed E-state index contributed by atoms with van der Waals surface area (Å²) in [5, 5.41) is 7.27. The second-order valence-electron chi connectivity index (χ2n) is 14.1. The van der Waals surface area contributed by atoms with E-state index in [1.54, 1.807) is 0 Å². The van der Waals surface area contributed by atoms with Gasteiger partial charge < -0.3 is 13.9 Å². The molecule has 0 atom stereocenters. The fourth-order valence-electron chi connectivity index (χ4n) is 8.41. The minimum absolute atomic E-state index is 0.906. The number of rotatable bonds is 6. The molecule has 0 saturated carbocycles. The number of hydrogen-bond donors (Lipinski definition) is 0.